The van der Waals surface area contributed by atoms with Gasteiger partial charge in [-0.1, -0.05) is 0 Å². The molecule has 0 saturated heterocycles. The molecule has 0 aliphatic rings. The second kappa shape index (κ2) is 11.6. The van der Waals surface area contributed by atoms with Crippen LogP contribution in [0.2, 0.25) is 0 Å². The summed E-state index contributed by atoms with van der Waals surface area (Å²) in [6, 6.07) is 55.8. The molecule has 5 rings (SSSR count). The molecule has 2 heteroatoms. The molecular weight excluding hydrogens is 546 g/mol. The maximum absolute atomic E-state index is 2.74. The fourth-order valence-corrected chi connectivity index (χ4v) is 19.5. The summed E-state index contributed by atoms with van der Waals surface area (Å²) < 4.78 is 5.92. The van der Waals surface area contributed by atoms with Crippen molar-refractivity contribution in [3.63, 3.8) is 0 Å². The topological polar surface area (TPSA) is 0 Å². The molecule has 5 aromatic rings. The summed E-state index contributed by atoms with van der Waals surface area (Å²) in [5.74, 6) is 0. The molecule has 0 aliphatic heterocycles. The Morgan fingerprint density at radius 2 is 0.829 bits per heavy atom. The first kappa shape index (κ1) is 23.7. The van der Waals surface area contributed by atoms with Crippen molar-refractivity contribution in [3.8, 4) is 0 Å². The molecule has 0 spiro atoms. The van der Waals surface area contributed by atoms with Gasteiger partial charge in [-0.3, -0.25) is 0 Å². The molecule has 0 saturated carbocycles. The Labute approximate surface area is 216 Å². The van der Waals surface area contributed by atoms with E-state index in [4.69, 9.17) is 0 Å². The van der Waals surface area contributed by atoms with Crippen LogP contribution in [0.25, 0.3) is 0 Å². The Hall–Kier alpha value is -3.04. The number of hydrogen-bond acceptors (Lipinski definition) is 0. The third-order valence-corrected chi connectivity index (χ3v) is 20.2. The van der Waals surface area contributed by atoms with Crippen molar-refractivity contribution < 1.29 is 0 Å². The van der Waals surface area contributed by atoms with Crippen molar-refractivity contribution in [1.29, 1.82) is 0 Å². The van der Waals surface area contributed by atoms with Crippen molar-refractivity contribution in [1.82, 2.24) is 0 Å². The molecule has 0 radical (unpaired) electrons. The standard InChI is InChI=1S/C33H29As2/c1-6-16-29(17-7-1)28-35(32-22-12-4-13-23-32,33-24-14-5-15-25-33)27-26-34(30-18-8-2-9-19-30)31-20-10-3-11-21-31/h1-27H,28H2/q+1/b27-26-. The third-order valence-electron chi connectivity index (χ3n) is 6.25. The molecule has 0 atom stereocenters. The van der Waals surface area contributed by atoms with E-state index in [1.807, 2.05) is 0 Å². The van der Waals surface area contributed by atoms with E-state index in [1.165, 1.54) is 23.0 Å². The fourth-order valence-electron chi connectivity index (χ4n) is 4.49. The molecule has 0 fully saturated rings. The van der Waals surface area contributed by atoms with Gasteiger partial charge >= 0.3 is 218 Å². The first-order valence-corrected chi connectivity index (χ1v) is 19.2. The van der Waals surface area contributed by atoms with E-state index in [0.29, 0.717) is 0 Å². The molecule has 5 aromatic carbocycles. The molecule has 0 nitrogen and oxygen atoms in total. The molecule has 0 aromatic heterocycles. The van der Waals surface area contributed by atoms with E-state index in [-0.39, 0.29) is 0 Å². The van der Waals surface area contributed by atoms with E-state index in [1.54, 1.807) is 0 Å². The first-order chi connectivity index (χ1) is 17.4. The predicted octanol–water partition coefficient (Wildman–Crippen LogP) is 4.98. The van der Waals surface area contributed by atoms with E-state index in [9.17, 15) is 0 Å². The molecule has 170 valence electrons. The summed E-state index contributed by atoms with van der Waals surface area (Å²) in [4.78, 5) is 5.32. The maximum atomic E-state index is 2.69. The number of hydrogen-bond donors (Lipinski definition) is 0. The van der Waals surface area contributed by atoms with Crippen LogP contribution in [0.15, 0.2) is 161 Å². The number of rotatable bonds is 8. The third kappa shape index (κ3) is 5.62. The van der Waals surface area contributed by atoms with Crippen molar-refractivity contribution in [2.45, 2.75) is 5.21 Å². The van der Waals surface area contributed by atoms with Crippen LogP contribution in [0.3, 0.4) is 0 Å². The van der Waals surface area contributed by atoms with Crippen molar-refractivity contribution in [2.24, 2.45) is 0 Å². The van der Waals surface area contributed by atoms with Crippen LogP contribution in [0.5, 0.6) is 0 Å². The summed E-state index contributed by atoms with van der Waals surface area (Å²) in [5, 5.41) is 1.08. The summed E-state index contributed by atoms with van der Waals surface area (Å²) in [6.45, 7) is 0. The predicted molar refractivity (Wildman–Crippen MR) is 155 cm³/mol. The van der Waals surface area contributed by atoms with Crippen LogP contribution >= 0.6 is 0 Å². The van der Waals surface area contributed by atoms with Crippen molar-refractivity contribution >= 4 is 45.6 Å². The Bertz CT molecular complexity index is 1250. The van der Waals surface area contributed by atoms with Crippen LogP contribution in [0.4, 0.5) is 0 Å². The second-order valence-corrected chi connectivity index (χ2v) is 20.0. The molecule has 0 bridgehead atoms. The normalized spacial score (nSPS) is 11.7. The summed E-state index contributed by atoms with van der Waals surface area (Å²) in [5.41, 5.74) is 1.41. The Morgan fingerprint density at radius 1 is 0.457 bits per heavy atom. The van der Waals surface area contributed by atoms with Crippen molar-refractivity contribution in [2.75, 3.05) is 0 Å². The Kier molecular flexibility index (Phi) is 7.84. The quantitative estimate of drug-likeness (QED) is 0.229. The van der Waals surface area contributed by atoms with Gasteiger partial charge in [-0.05, 0) is 0 Å². The minimum absolute atomic E-state index is 1.08. The van der Waals surface area contributed by atoms with Gasteiger partial charge in [0.05, 0.1) is 0 Å². The summed E-state index contributed by atoms with van der Waals surface area (Å²) in [6.07, 6.45) is 0. The van der Waals surface area contributed by atoms with E-state index in [0.717, 1.165) is 5.21 Å². The molecule has 0 heterocycles. The molecule has 0 aliphatic carbocycles. The monoisotopic (exact) mass is 575 g/mol. The molecule has 0 unspecified atom stereocenters. The van der Waals surface area contributed by atoms with E-state index in [2.05, 4.69) is 161 Å². The minimum atomic E-state index is -2.74. The summed E-state index contributed by atoms with van der Waals surface area (Å²) >= 11 is -4.37. The molecule has 0 N–H and O–H groups in total. The van der Waals surface area contributed by atoms with Crippen LogP contribution in [0, 0.1) is 0 Å². The van der Waals surface area contributed by atoms with Gasteiger partial charge in [-0.25, -0.2) is 0 Å². The SMILES string of the molecule is C(=C/[As+](Cc1ccccc1)(c1ccccc1)c1ccccc1)/[As](c1ccccc1)c1ccccc1. The zero-order valence-electron chi connectivity index (χ0n) is 19.7. The second-order valence-electron chi connectivity index (χ2n) is 8.52. The van der Waals surface area contributed by atoms with Gasteiger partial charge < -0.3 is 0 Å². The van der Waals surface area contributed by atoms with Gasteiger partial charge in [-0.15, -0.1) is 0 Å². The van der Waals surface area contributed by atoms with Gasteiger partial charge in [0.2, 0.25) is 0 Å². The first-order valence-electron chi connectivity index (χ1n) is 12.0. The Morgan fingerprint density at radius 3 is 1.26 bits per heavy atom. The fraction of sp³-hybridized carbons (Fsp3) is 0.0303. The van der Waals surface area contributed by atoms with Gasteiger partial charge in [-0.2, -0.15) is 0 Å². The van der Waals surface area contributed by atoms with Crippen LogP contribution < -0.4 is 17.4 Å². The average molecular weight is 575 g/mol. The number of benzene rings is 5. The van der Waals surface area contributed by atoms with Crippen LogP contribution in [0.1, 0.15) is 5.56 Å². The molecule has 0 amide bonds. The molecule has 35 heavy (non-hydrogen) atoms. The zero-order valence-corrected chi connectivity index (χ0v) is 23.4. The van der Waals surface area contributed by atoms with Crippen molar-refractivity contribution in [3.05, 3.63) is 167 Å². The average Bonchev–Trinajstić information content (AvgIpc) is 2.95. The van der Waals surface area contributed by atoms with Crippen LogP contribution in [-0.2, 0) is 5.21 Å². The van der Waals surface area contributed by atoms with Gasteiger partial charge in [0, 0.05) is 0 Å². The van der Waals surface area contributed by atoms with E-state index < -0.39 is 28.2 Å². The van der Waals surface area contributed by atoms with Gasteiger partial charge in [0.25, 0.3) is 0 Å². The van der Waals surface area contributed by atoms with Gasteiger partial charge in [0.1, 0.15) is 0 Å². The van der Waals surface area contributed by atoms with Crippen LogP contribution in [-0.4, -0.2) is 28.2 Å². The van der Waals surface area contributed by atoms with E-state index >= 15 is 0 Å². The molecular formula is C33H29As2+. The Balaban J connectivity index is 1.70. The van der Waals surface area contributed by atoms with Gasteiger partial charge in [0.15, 0.2) is 0 Å². The zero-order chi connectivity index (χ0) is 23.8. The summed E-state index contributed by atoms with van der Waals surface area (Å²) in [7, 11) is 0.